The summed E-state index contributed by atoms with van der Waals surface area (Å²) < 4.78 is 5.34. The zero-order chi connectivity index (χ0) is 14.7. The van der Waals surface area contributed by atoms with Gasteiger partial charge in [-0.05, 0) is 43.3 Å². The minimum atomic E-state index is -0.354. The quantitative estimate of drug-likeness (QED) is 0.533. The van der Waals surface area contributed by atoms with Gasteiger partial charge < -0.3 is 4.74 Å². The van der Waals surface area contributed by atoms with Gasteiger partial charge in [0.1, 0.15) is 5.75 Å². The number of carbonyl (C=O) groups is 1. The second kappa shape index (κ2) is 5.89. The highest BCUT2D eigenvalue weighted by Crippen LogP contribution is 2.24. The van der Waals surface area contributed by atoms with Gasteiger partial charge in [0.2, 0.25) is 0 Å². The molecule has 0 aliphatic heterocycles. The molecule has 0 aliphatic rings. The molecule has 2 aromatic carbocycles. The van der Waals surface area contributed by atoms with Gasteiger partial charge in [-0.2, -0.15) is 0 Å². The molecule has 4 heteroatoms. The Bertz CT molecular complexity index is 748. The first-order valence-corrected chi connectivity index (χ1v) is 7.40. The first kappa shape index (κ1) is 13.5. The number of nitrogens with zero attached hydrogens (tertiary/aromatic N) is 1. The molecule has 0 aliphatic carbocycles. The van der Waals surface area contributed by atoms with Crippen molar-refractivity contribution in [3.63, 3.8) is 0 Å². The minimum Gasteiger partial charge on any atom is -0.423 e. The molecular weight excluding hydrogens is 282 g/mol. The van der Waals surface area contributed by atoms with Gasteiger partial charge in [-0.15, -0.1) is 11.3 Å². The fourth-order valence-corrected chi connectivity index (χ4v) is 2.55. The lowest BCUT2D eigenvalue weighted by atomic mass is 10.2. The summed E-state index contributed by atoms with van der Waals surface area (Å²) >= 11 is 1.61. The average Bonchev–Trinajstić information content (AvgIpc) is 2.95. The molecule has 21 heavy (non-hydrogen) atoms. The van der Waals surface area contributed by atoms with Crippen LogP contribution in [0.5, 0.6) is 5.75 Å². The van der Waals surface area contributed by atoms with Gasteiger partial charge in [0.05, 0.1) is 16.3 Å². The summed E-state index contributed by atoms with van der Waals surface area (Å²) in [6.07, 6.45) is 0. The zero-order valence-corrected chi connectivity index (χ0v) is 12.3. The van der Waals surface area contributed by atoms with E-state index in [2.05, 4.69) is 4.98 Å². The SMILES string of the molecule is Cc1nc(-c2ccc(OC(=O)c3ccccc3)cc2)cs1. The maximum atomic E-state index is 11.9. The van der Waals surface area contributed by atoms with Gasteiger partial charge in [-0.3, -0.25) is 0 Å². The largest absolute Gasteiger partial charge is 0.423 e. The maximum Gasteiger partial charge on any atom is 0.343 e. The van der Waals surface area contributed by atoms with Crippen molar-refractivity contribution < 1.29 is 9.53 Å². The van der Waals surface area contributed by atoms with Gasteiger partial charge in [0, 0.05) is 10.9 Å². The lowest BCUT2D eigenvalue weighted by molar-refractivity contribution is 0.0735. The molecule has 0 bridgehead atoms. The second-order valence-corrected chi connectivity index (χ2v) is 5.59. The topological polar surface area (TPSA) is 39.2 Å². The van der Waals surface area contributed by atoms with Crippen LogP contribution < -0.4 is 4.74 Å². The van der Waals surface area contributed by atoms with Crippen molar-refractivity contribution in [3.8, 4) is 17.0 Å². The number of thiazole rings is 1. The number of ether oxygens (including phenoxy) is 1. The highest BCUT2D eigenvalue weighted by Gasteiger charge is 2.08. The monoisotopic (exact) mass is 295 g/mol. The predicted molar refractivity (Wildman–Crippen MR) is 83.7 cm³/mol. The molecule has 0 atom stereocenters. The summed E-state index contributed by atoms with van der Waals surface area (Å²) in [5, 5.41) is 3.05. The van der Waals surface area contributed by atoms with E-state index in [-0.39, 0.29) is 5.97 Å². The Hall–Kier alpha value is -2.46. The molecule has 0 amide bonds. The van der Waals surface area contributed by atoms with Crippen molar-refractivity contribution in [1.82, 2.24) is 4.98 Å². The molecule has 0 saturated heterocycles. The number of aromatic nitrogens is 1. The van der Waals surface area contributed by atoms with Crippen LogP contribution in [0.3, 0.4) is 0 Å². The summed E-state index contributed by atoms with van der Waals surface area (Å²) in [7, 11) is 0. The Kier molecular flexibility index (Phi) is 3.79. The van der Waals surface area contributed by atoms with Crippen LogP contribution in [0.25, 0.3) is 11.3 Å². The first-order chi connectivity index (χ1) is 10.2. The van der Waals surface area contributed by atoms with Crippen LogP contribution in [0.4, 0.5) is 0 Å². The van der Waals surface area contributed by atoms with Crippen LogP contribution in [-0.2, 0) is 0 Å². The molecule has 0 unspecified atom stereocenters. The van der Waals surface area contributed by atoms with Gasteiger partial charge in [0.15, 0.2) is 0 Å². The van der Waals surface area contributed by atoms with E-state index >= 15 is 0 Å². The Morgan fingerprint density at radius 1 is 1.05 bits per heavy atom. The van der Waals surface area contributed by atoms with Gasteiger partial charge >= 0.3 is 5.97 Å². The smallest absolute Gasteiger partial charge is 0.343 e. The number of esters is 1. The summed E-state index contributed by atoms with van der Waals surface area (Å²) in [6.45, 7) is 1.98. The molecular formula is C17H13NO2S. The molecule has 3 nitrogen and oxygen atoms in total. The van der Waals surface area contributed by atoms with Crippen molar-refractivity contribution in [3.05, 3.63) is 70.5 Å². The zero-order valence-electron chi connectivity index (χ0n) is 11.4. The molecule has 1 heterocycles. The number of benzene rings is 2. The lowest BCUT2D eigenvalue weighted by Gasteiger charge is -2.05. The van der Waals surface area contributed by atoms with Crippen molar-refractivity contribution in [2.45, 2.75) is 6.92 Å². The van der Waals surface area contributed by atoms with E-state index < -0.39 is 0 Å². The molecule has 0 N–H and O–H groups in total. The third-order valence-electron chi connectivity index (χ3n) is 2.99. The first-order valence-electron chi connectivity index (χ1n) is 6.52. The number of hydrogen-bond donors (Lipinski definition) is 0. The molecule has 104 valence electrons. The summed E-state index contributed by atoms with van der Waals surface area (Å²) in [4.78, 5) is 16.4. The van der Waals surface area contributed by atoms with Crippen LogP contribution in [0.1, 0.15) is 15.4 Å². The normalized spacial score (nSPS) is 10.3. The average molecular weight is 295 g/mol. The van der Waals surface area contributed by atoms with E-state index in [0.29, 0.717) is 11.3 Å². The predicted octanol–water partition coefficient (Wildman–Crippen LogP) is 4.34. The Morgan fingerprint density at radius 3 is 2.38 bits per heavy atom. The summed E-state index contributed by atoms with van der Waals surface area (Å²) in [5.41, 5.74) is 2.49. The van der Waals surface area contributed by atoms with E-state index in [9.17, 15) is 4.79 Å². The third kappa shape index (κ3) is 3.17. The van der Waals surface area contributed by atoms with Crippen LogP contribution in [0, 0.1) is 6.92 Å². The molecule has 0 fully saturated rings. The lowest BCUT2D eigenvalue weighted by Crippen LogP contribution is -2.07. The fraction of sp³-hybridized carbons (Fsp3) is 0.0588. The van der Waals surface area contributed by atoms with Crippen molar-refractivity contribution in [2.24, 2.45) is 0 Å². The Morgan fingerprint density at radius 2 is 1.76 bits per heavy atom. The minimum absolute atomic E-state index is 0.354. The van der Waals surface area contributed by atoms with Crippen LogP contribution in [0.2, 0.25) is 0 Å². The van der Waals surface area contributed by atoms with Crippen molar-refractivity contribution in [1.29, 1.82) is 0 Å². The van der Waals surface area contributed by atoms with Gasteiger partial charge in [0.25, 0.3) is 0 Å². The van der Waals surface area contributed by atoms with E-state index in [4.69, 9.17) is 4.74 Å². The molecule has 3 aromatic rings. The van der Waals surface area contributed by atoms with Crippen LogP contribution in [0.15, 0.2) is 60.0 Å². The number of aryl methyl sites for hydroxylation is 1. The maximum absolute atomic E-state index is 11.9. The van der Waals surface area contributed by atoms with E-state index in [1.165, 1.54) is 0 Å². The fourth-order valence-electron chi connectivity index (χ4n) is 1.93. The highest BCUT2D eigenvalue weighted by atomic mass is 32.1. The standard InChI is InChI=1S/C17H13NO2S/c1-12-18-16(11-21-12)13-7-9-15(10-8-13)20-17(19)14-5-3-2-4-6-14/h2-11H,1H3. The molecule has 0 radical (unpaired) electrons. The van der Waals surface area contributed by atoms with Crippen LogP contribution >= 0.6 is 11.3 Å². The van der Waals surface area contributed by atoms with Crippen LogP contribution in [-0.4, -0.2) is 11.0 Å². The number of rotatable bonds is 3. The van der Waals surface area contributed by atoms with E-state index in [0.717, 1.165) is 16.3 Å². The molecule has 1 aromatic heterocycles. The summed E-state index contributed by atoms with van der Waals surface area (Å²) in [5.74, 6) is 0.174. The summed E-state index contributed by atoms with van der Waals surface area (Å²) in [6, 6.07) is 16.3. The second-order valence-electron chi connectivity index (χ2n) is 4.53. The number of hydrogen-bond acceptors (Lipinski definition) is 4. The van der Waals surface area contributed by atoms with Gasteiger partial charge in [-0.1, -0.05) is 18.2 Å². The highest BCUT2D eigenvalue weighted by molar-refractivity contribution is 7.09. The van der Waals surface area contributed by atoms with Crippen molar-refractivity contribution >= 4 is 17.3 Å². The number of carbonyl (C=O) groups excluding carboxylic acids is 1. The molecule has 3 rings (SSSR count). The Labute approximate surface area is 126 Å². The van der Waals surface area contributed by atoms with E-state index in [1.54, 1.807) is 35.6 Å². The third-order valence-corrected chi connectivity index (χ3v) is 3.76. The molecule has 0 saturated carbocycles. The molecule has 0 spiro atoms. The van der Waals surface area contributed by atoms with E-state index in [1.807, 2.05) is 42.6 Å². The van der Waals surface area contributed by atoms with Crippen molar-refractivity contribution in [2.75, 3.05) is 0 Å². The van der Waals surface area contributed by atoms with Gasteiger partial charge in [-0.25, -0.2) is 9.78 Å². The Balaban J connectivity index is 1.74.